The van der Waals surface area contributed by atoms with E-state index in [2.05, 4.69) is 21.2 Å². The summed E-state index contributed by atoms with van der Waals surface area (Å²) in [5.74, 6) is 1.50. The fraction of sp³-hybridized carbons (Fsp3) is 0.143. The smallest absolute Gasteiger partial charge is 0.231 e. The van der Waals surface area contributed by atoms with E-state index in [-0.39, 0.29) is 6.79 Å². The molecule has 0 radical (unpaired) electrons. The zero-order valence-electron chi connectivity index (χ0n) is 10.3. The number of hydrogen-bond acceptors (Lipinski definition) is 3. The summed E-state index contributed by atoms with van der Waals surface area (Å²) in [5.41, 5.74) is 1.90. The first kappa shape index (κ1) is 13.9. The van der Waals surface area contributed by atoms with E-state index in [0.717, 1.165) is 27.2 Å². The quantitative estimate of drug-likeness (QED) is 0.810. The molecule has 3 rings (SSSR count). The molecule has 1 aliphatic heterocycles. The number of hydrogen-bond donors (Lipinski definition) is 1. The lowest BCUT2D eigenvalue weighted by atomic mass is 10.2. The summed E-state index contributed by atoms with van der Waals surface area (Å²) >= 11 is 15.5. The fourth-order valence-electron chi connectivity index (χ4n) is 1.95. The number of fused-ring (bicyclic) bond motifs is 1. The molecule has 0 bridgehead atoms. The molecule has 0 fully saturated rings. The van der Waals surface area contributed by atoms with Crippen molar-refractivity contribution in [2.24, 2.45) is 0 Å². The van der Waals surface area contributed by atoms with Crippen LogP contribution in [0.5, 0.6) is 11.5 Å². The monoisotopic (exact) mass is 373 g/mol. The summed E-state index contributed by atoms with van der Waals surface area (Å²) in [6, 6.07) is 9.30. The van der Waals surface area contributed by atoms with Crippen LogP contribution in [-0.4, -0.2) is 6.79 Å². The van der Waals surface area contributed by atoms with Crippen molar-refractivity contribution in [2.75, 3.05) is 12.1 Å². The van der Waals surface area contributed by atoms with Gasteiger partial charge in [0.25, 0.3) is 0 Å². The second-order valence-electron chi connectivity index (χ2n) is 4.29. The van der Waals surface area contributed by atoms with E-state index in [9.17, 15) is 0 Å². The molecule has 0 aromatic heterocycles. The van der Waals surface area contributed by atoms with E-state index in [0.29, 0.717) is 16.6 Å². The lowest BCUT2D eigenvalue weighted by Crippen LogP contribution is -2.00. The molecule has 20 heavy (non-hydrogen) atoms. The van der Waals surface area contributed by atoms with Gasteiger partial charge in [-0.1, -0.05) is 23.2 Å². The van der Waals surface area contributed by atoms with Crippen LogP contribution in [0.1, 0.15) is 5.56 Å². The van der Waals surface area contributed by atoms with Crippen LogP contribution >= 0.6 is 39.1 Å². The second kappa shape index (κ2) is 5.72. The molecule has 2 aromatic carbocycles. The van der Waals surface area contributed by atoms with Crippen LogP contribution in [0.15, 0.2) is 34.8 Å². The molecule has 104 valence electrons. The Morgan fingerprint density at radius 2 is 2.00 bits per heavy atom. The largest absolute Gasteiger partial charge is 0.454 e. The van der Waals surface area contributed by atoms with Gasteiger partial charge in [0.05, 0.1) is 15.2 Å². The first-order valence-electron chi connectivity index (χ1n) is 5.90. The third-order valence-electron chi connectivity index (χ3n) is 2.90. The van der Waals surface area contributed by atoms with Gasteiger partial charge in [-0.2, -0.15) is 0 Å². The topological polar surface area (TPSA) is 30.5 Å². The number of benzene rings is 2. The van der Waals surface area contributed by atoms with Crippen LogP contribution in [0.25, 0.3) is 0 Å². The molecule has 0 unspecified atom stereocenters. The fourth-order valence-corrected chi connectivity index (χ4v) is 3.03. The minimum Gasteiger partial charge on any atom is -0.454 e. The Kier molecular flexibility index (Phi) is 3.96. The van der Waals surface area contributed by atoms with Gasteiger partial charge in [-0.15, -0.1) is 0 Å². The third-order valence-corrected chi connectivity index (χ3v) is 4.04. The predicted molar refractivity (Wildman–Crippen MR) is 84.1 cm³/mol. The molecule has 0 saturated heterocycles. The van der Waals surface area contributed by atoms with E-state index in [1.165, 1.54) is 0 Å². The van der Waals surface area contributed by atoms with Gasteiger partial charge in [-0.05, 0) is 51.8 Å². The van der Waals surface area contributed by atoms with Gasteiger partial charge in [-0.3, -0.25) is 0 Å². The van der Waals surface area contributed by atoms with Crippen LogP contribution in [0.4, 0.5) is 5.69 Å². The number of nitrogens with one attached hydrogen (secondary N) is 1. The van der Waals surface area contributed by atoms with Crippen LogP contribution in [0.2, 0.25) is 10.0 Å². The van der Waals surface area contributed by atoms with Crippen LogP contribution in [-0.2, 0) is 6.54 Å². The Hall–Kier alpha value is -1.10. The maximum atomic E-state index is 6.12. The van der Waals surface area contributed by atoms with Gasteiger partial charge in [0.1, 0.15) is 0 Å². The standard InChI is InChI=1S/C14H10BrCl2NO2/c15-10-3-8(4-13-14(10)20-7-19-13)6-18-12-2-1-9(16)5-11(12)17/h1-5,18H,6-7H2. The molecule has 0 aliphatic carbocycles. The zero-order chi connectivity index (χ0) is 14.1. The number of rotatable bonds is 3. The van der Waals surface area contributed by atoms with Gasteiger partial charge in [0.15, 0.2) is 11.5 Å². The lowest BCUT2D eigenvalue weighted by molar-refractivity contribution is 0.173. The zero-order valence-corrected chi connectivity index (χ0v) is 13.3. The molecular weight excluding hydrogens is 365 g/mol. The maximum Gasteiger partial charge on any atom is 0.231 e. The molecule has 0 saturated carbocycles. The van der Waals surface area contributed by atoms with Crippen LogP contribution in [0, 0.1) is 0 Å². The van der Waals surface area contributed by atoms with Crippen molar-refractivity contribution >= 4 is 44.8 Å². The average Bonchev–Trinajstić information content (AvgIpc) is 2.86. The third kappa shape index (κ3) is 2.82. The molecular formula is C14H10BrCl2NO2. The average molecular weight is 375 g/mol. The van der Waals surface area contributed by atoms with E-state index in [1.807, 2.05) is 18.2 Å². The molecule has 2 aromatic rings. The van der Waals surface area contributed by atoms with Gasteiger partial charge < -0.3 is 14.8 Å². The highest BCUT2D eigenvalue weighted by molar-refractivity contribution is 9.10. The van der Waals surface area contributed by atoms with Crippen LogP contribution < -0.4 is 14.8 Å². The Morgan fingerprint density at radius 3 is 2.80 bits per heavy atom. The molecule has 1 aliphatic rings. The minimum absolute atomic E-state index is 0.258. The van der Waals surface area contributed by atoms with Crippen molar-refractivity contribution in [2.45, 2.75) is 6.54 Å². The van der Waals surface area contributed by atoms with E-state index in [4.69, 9.17) is 32.7 Å². The SMILES string of the molecule is Clc1ccc(NCc2cc(Br)c3c(c2)OCO3)c(Cl)c1. The summed E-state index contributed by atoms with van der Waals surface area (Å²) in [4.78, 5) is 0. The maximum absolute atomic E-state index is 6.12. The molecule has 0 amide bonds. The van der Waals surface area contributed by atoms with Crippen molar-refractivity contribution in [1.82, 2.24) is 0 Å². The summed E-state index contributed by atoms with van der Waals surface area (Å²) < 4.78 is 11.6. The Balaban J connectivity index is 1.77. The van der Waals surface area contributed by atoms with Crippen molar-refractivity contribution in [3.63, 3.8) is 0 Å². The van der Waals surface area contributed by atoms with Crippen molar-refractivity contribution in [1.29, 1.82) is 0 Å². The summed E-state index contributed by atoms with van der Waals surface area (Å²) in [6.07, 6.45) is 0. The summed E-state index contributed by atoms with van der Waals surface area (Å²) in [6.45, 7) is 0.879. The van der Waals surface area contributed by atoms with Gasteiger partial charge >= 0.3 is 0 Å². The Morgan fingerprint density at radius 1 is 1.15 bits per heavy atom. The molecule has 1 heterocycles. The Bertz CT molecular complexity index is 664. The Labute approximate surface area is 134 Å². The highest BCUT2D eigenvalue weighted by Crippen LogP contribution is 2.40. The van der Waals surface area contributed by atoms with E-state index in [1.54, 1.807) is 12.1 Å². The molecule has 0 atom stereocenters. The normalized spacial score (nSPS) is 12.6. The summed E-state index contributed by atoms with van der Waals surface area (Å²) in [5, 5.41) is 4.48. The highest BCUT2D eigenvalue weighted by Gasteiger charge is 2.17. The number of halogens is 3. The van der Waals surface area contributed by atoms with Gasteiger partial charge in [0.2, 0.25) is 6.79 Å². The molecule has 6 heteroatoms. The highest BCUT2D eigenvalue weighted by atomic mass is 79.9. The molecule has 1 N–H and O–H groups in total. The number of ether oxygens (including phenoxy) is 2. The van der Waals surface area contributed by atoms with E-state index >= 15 is 0 Å². The first-order chi connectivity index (χ1) is 9.63. The number of anilines is 1. The van der Waals surface area contributed by atoms with Crippen molar-refractivity contribution < 1.29 is 9.47 Å². The van der Waals surface area contributed by atoms with E-state index < -0.39 is 0 Å². The van der Waals surface area contributed by atoms with Gasteiger partial charge in [-0.25, -0.2) is 0 Å². The first-order valence-corrected chi connectivity index (χ1v) is 7.45. The van der Waals surface area contributed by atoms with Crippen molar-refractivity contribution in [3.05, 3.63) is 50.4 Å². The molecule has 0 spiro atoms. The summed E-state index contributed by atoms with van der Waals surface area (Å²) in [7, 11) is 0. The van der Waals surface area contributed by atoms with Crippen LogP contribution in [0.3, 0.4) is 0 Å². The minimum atomic E-state index is 0.258. The lowest BCUT2D eigenvalue weighted by Gasteiger charge is -2.10. The van der Waals surface area contributed by atoms with Gasteiger partial charge in [0, 0.05) is 11.6 Å². The predicted octanol–water partition coefficient (Wildman–Crippen LogP) is 5.10. The van der Waals surface area contributed by atoms with Crippen molar-refractivity contribution in [3.8, 4) is 11.5 Å². The molecule has 3 nitrogen and oxygen atoms in total. The second-order valence-corrected chi connectivity index (χ2v) is 5.99.